The van der Waals surface area contributed by atoms with Crippen molar-refractivity contribution in [3.05, 3.63) is 69.7 Å². The predicted octanol–water partition coefficient (Wildman–Crippen LogP) is 5.84. The molecule has 1 nitrogen and oxygen atoms in total. The standard InChI is InChI=1S/C18H21Cl2N/c1-3-15(13-8-6-5-7-9-13)18(21-4-2)14-10-11-16(19)17(20)12-14/h5-12,15,18,21H,3-4H2,1-2H3. The van der Waals surface area contributed by atoms with Gasteiger partial charge >= 0.3 is 0 Å². The fourth-order valence-corrected chi connectivity index (χ4v) is 3.09. The van der Waals surface area contributed by atoms with Crippen LogP contribution in [0.5, 0.6) is 0 Å². The first-order valence-corrected chi connectivity index (χ1v) is 8.16. The van der Waals surface area contributed by atoms with E-state index in [-0.39, 0.29) is 6.04 Å². The molecule has 0 radical (unpaired) electrons. The van der Waals surface area contributed by atoms with E-state index < -0.39 is 0 Å². The topological polar surface area (TPSA) is 12.0 Å². The molecule has 21 heavy (non-hydrogen) atoms. The van der Waals surface area contributed by atoms with Gasteiger partial charge in [-0.05, 0) is 36.2 Å². The van der Waals surface area contributed by atoms with E-state index in [9.17, 15) is 0 Å². The van der Waals surface area contributed by atoms with Crippen LogP contribution in [0, 0.1) is 0 Å². The fraction of sp³-hybridized carbons (Fsp3) is 0.333. The number of nitrogens with one attached hydrogen (secondary N) is 1. The van der Waals surface area contributed by atoms with Gasteiger partial charge in [-0.2, -0.15) is 0 Å². The molecule has 0 spiro atoms. The summed E-state index contributed by atoms with van der Waals surface area (Å²) in [5, 5.41) is 4.80. The molecule has 0 aliphatic rings. The van der Waals surface area contributed by atoms with Gasteiger partial charge in [0.2, 0.25) is 0 Å². The van der Waals surface area contributed by atoms with Crippen LogP contribution in [0.15, 0.2) is 48.5 Å². The quantitative estimate of drug-likeness (QED) is 0.704. The minimum atomic E-state index is 0.233. The maximum absolute atomic E-state index is 6.19. The van der Waals surface area contributed by atoms with Gasteiger partial charge in [-0.25, -0.2) is 0 Å². The molecule has 0 saturated heterocycles. The molecule has 0 amide bonds. The summed E-state index contributed by atoms with van der Waals surface area (Å²) in [6, 6.07) is 16.8. The first kappa shape index (κ1) is 16.4. The Kier molecular flexibility index (Phi) is 6.10. The minimum absolute atomic E-state index is 0.233. The zero-order valence-electron chi connectivity index (χ0n) is 12.4. The monoisotopic (exact) mass is 321 g/mol. The van der Waals surface area contributed by atoms with E-state index in [1.54, 1.807) is 0 Å². The number of halogens is 2. The number of hydrogen-bond acceptors (Lipinski definition) is 1. The molecule has 0 fully saturated rings. The van der Waals surface area contributed by atoms with Gasteiger partial charge in [-0.3, -0.25) is 0 Å². The Hall–Kier alpha value is -1.02. The third-order valence-electron chi connectivity index (χ3n) is 3.80. The second-order valence-corrected chi connectivity index (χ2v) is 5.95. The Morgan fingerprint density at radius 2 is 1.62 bits per heavy atom. The van der Waals surface area contributed by atoms with E-state index in [0.717, 1.165) is 13.0 Å². The smallest absolute Gasteiger partial charge is 0.0595 e. The average Bonchev–Trinajstić information content (AvgIpc) is 2.51. The van der Waals surface area contributed by atoms with Crippen molar-refractivity contribution in [1.82, 2.24) is 5.32 Å². The molecule has 0 aromatic heterocycles. The Bertz CT molecular complexity index is 569. The number of hydrogen-bond donors (Lipinski definition) is 1. The van der Waals surface area contributed by atoms with Gasteiger partial charge in [0.15, 0.2) is 0 Å². The highest BCUT2D eigenvalue weighted by atomic mass is 35.5. The first-order chi connectivity index (χ1) is 10.2. The molecule has 0 aliphatic carbocycles. The molecular weight excluding hydrogens is 301 g/mol. The van der Waals surface area contributed by atoms with Crippen LogP contribution in [0.4, 0.5) is 0 Å². The summed E-state index contributed by atoms with van der Waals surface area (Å²) in [7, 11) is 0. The molecule has 0 heterocycles. The summed E-state index contributed by atoms with van der Waals surface area (Å²) in [5.74, 6) is 0.406. The third kappa shape index (κ3) is 4.00. The molecule has 2 aromatic carbocycles. The lowest BCUT2D eigenvalue weighted by atomic mass is 9.85. The SMILES string of the molecule is CCNC(c1ccc(Cl)c(Cl)c1)C(CC)c1ccccc1. The van der Waals surface area contributed by atoms with Crippen LogP contribution in [0.3, 0.4) is 0 Å². The van der Waals surface area contributed by atoms with E-state index >= 15 is 0 Å². The number of likely N-dealkylation sites (N-methyl/N-ethyl adjacent to an activating group) is 1. The zero-order valence-corrected chi connectivity index (χ0v) is 14.0. The maximum Gasteiger partial charge on any atom is 0.0595 e. The van der Waals surface area contributed by atoms with Gasteiger partial charge in [-0.15, -0.1) is 0 Å². The summed E-state index contributed by atoms with van der Waals surface area (Å²) in [6.07, 6.45) is 1.06. The molecule has 2 rings (SSSR count). The Balaban J connectivity index is 2.38. The highest BCUT2D eigenvalue weighted by molar-refractivity contribution is 6.42. The molecular formula is C18H21Cl2N. The van der Waals surface area contributed by atoms with Crippen LogP contribution in [0.25, 0.3) is 0 Å². The Labute approximate surface area is 137 Å². The van der Waals surface area contributed by atoms with E-state index in [1.165, 1.54) is 11.1 Å². The lowest BCUT2D eigenvalue weighted by Crippen LogP contribution is -2.27. The maximum atomic E-state index is 6.19. The molecule has 2 atom stereocenters. The normalized spacial score (nSPS) is 13.9. The van der Waals surface area contributed by atoms with E-state index in [0.29, 0.717) is 16.0 Å². The van der Waals surface area contributed by atoms with Crippen molar-refractivity contribution in [3.8, 4) is 0 Å². The van der Waals surface area contributed by atoms with Crippen molar-refractivity contribution in [3.63, 3.8) is 0 Å². The van der Waals surface area contributed by atoms with Crippen LogP contribution >= 0.6 is 23.2 Å². The lowest BCUT2D eigenvalue weighted by Gasteiger charge is -2.28. The summed E-state index contributed by atoms with van der Waals surface area (Å²) >= 11 is 12.2. The van der Waals surface area contributed by atoms with Crippen molar-refractivity contribution in [1.29, 1.82) is 0 Å². The van der Waals surface area contributed by atoms with Crippen LogP contribution in [-0.2, 0) is 0 Å². The van der Waals surface area contributed by atoms with E-state index in [4.69, 9.17) is 23.2 Å². The molecule has 3 heteroatoms. The van der Waals surface area contributed by atoms with Crippen LogP contribution < -0.4 is 5.32 Å². The van der Waals surface area contributed by atoms with E-state index in [1.807, 2.05) is 12.1 Å². The Morgan fingerprint density at radius 3 is 2.19 bits per heavy atom. The van der Waals surface area contributed by atoms with Crippen molar-refractivity contribution in [2.45, 2.75) is 32.2 Å². The van der Waals surface area contributed by atoms with Gasteiger partial charge in [0.05, 0.1) is 10.0 Å². The van der Waals surface area contributed by atoms with Crippen molar-refractivity contribution in [2.75, 3.05) is 6.54 Å². The van der Waals surface area contributed by atoms with E-state index in [2.05, 4.69) is 55.6 Å². The zero-order chi connectivity index (χ0) is 15.2. The lowest BCUT2D eigenvalue weighted by molar-refractivity contribution is 0.445. The molecule has 0 saturated carbocycles. The van der Waals surface area contributed by atoms with Gasteiger partial charge < -0.3 is 5.32 Å². The van der Waals surface area contributed by atoms with Crippen LogP contribution in [-0.4, -0.2) is 6.54 Å². The average molecular weight is 322 g/mol. The highest BCUT2D eigenvalue weighted by Crippen LogP contribution is 2.35. The minimum Gasteiger partial charge on any atom is -0.310 e. The second kappa shape index (κ2) is 7.84. The van der Waals surface area contributed by atoms with Crippen LogP contribution in [0.2, 0.25) is 10.0 Å². The number of benzene rings is 2. The van der Waals surface area contributed by atoms with Gasteiger partial charge in [0.1, 0.15) is 0 Å². The second-order valence-electron chi connectivity index (χ2n) is 5.13. The molecule has 1 N–H and O–H groups in total. The van der Waals surface area contributed by atoms with Gasteiger partial charge in [-0.1, -0.05) is 73.4 Å². The van der Waals surface area contributed by atoms with Crippen molar-refractivity contribution in [2.24, 2.45) is 0 Å². The number of rotatable bonds is 6. The van der Waals surface area contributed by atoms with Crippen molar-refractivity contribution >= 4 is 23.2 Å². The molecule has 2 aromatic rings. The Morgan fingerprint density at radius 1 is 0.905 bits per heavy atom. The molecule has 2 unspecified atom stereocenters. The largest absolute Gasteiger partial charge is 0.310 e. The first-order valence-electron chi connectivity index (χ1n) is 7.40. The molecule has 0 bridgehead atoms. The van der Waals surface area contributed by atoms with Gasteiger partial charge in [0.25, 0.3) is 0 Å². The summed E-state index contributed by atoms with van der Waals surface area (Å²) in [5.41, 5.74) is 2.53. The molecule has 112 valence electrons. The fourth-order valence-electron chi connectivity index (χ4n) is 2.78. The van der Waals surface area contributed by atoms with Crippen molar-refractivity contribution < 1.29 is 0 Å². The molecule has 0 aliphatic heterocycles. The predicted molar refractivity (Wildman–Crippen MR) is 92.4 cm³/mol. The van der Waals surface area contributed by atoms with Crippen LogP contribution in [0.1, 0.15) is 43.4 Å². The highest BCUT2D eigenvalue weighted by Gasteiger charge is 2.23. The van der Waals surface area contributed by atoms with Gasteiger partial charge in [0, 0.05) is 12.0 Å². The summed E-state index contributed by atoms with van der Waals surface area (Å²) < 4.78 is 0. The third-order valence-corrected chi connectivity index (χ3v) is 4.54. The summed E-state index contributed by atoms with van der Waals surface area (Å²) in [6.45, 7) is 5.26. The summed E-state index contributed by atoms with van der Waals surface area (Å²) in [4.78, 5) is 0.